The Hall–Kier alpha value is -1.16. The van der Waals surface area contributed by atoms with Crippen LogP contribution in [0.4, 0.5) is 8.78 Å². The SMILES string of the molecule is CC(O)c1ccc(OCCF)cc1F. The van der Waals surface area contributed by atoms with Crippen LogP contribution < -0.4 is 4.74 Å². The van der Waals surface area contributed by atoms with Gasteiger partial charge in [-0.1, -0.05) is 0 Å². The summed E-state index contributed by atoms with van der Waals surface area (Å²) in [6.45, 7) is 0.772. The fraction of sp³-hybridized carbons (Fsp3) is 0.400. The Morgan fingerprint density at radius 3 is 2.71 bits per heavy atom. The molecule has 2 nitrogen and oxygen atoms in total. The number of halogens is 2. The van der Waals surface area contributed by atoms with Gasteiger partial charge in [-0.25, -0.2) is 8.78 Å². The molecule has 0 radical (unpaired) electrons. The van der Waals surface area contributed by atoms with Crippen molar-refractivity contribution < 1.29 is 18.6 Å². The van der Waals surface area contributed by atoms with Crippen LogP contribution in [0.3, 0.4) is 0 Å². The first-order chi connectivity index (χ1) is 6.65. The molecule has 0 bridgehead atoms. The van der Waals surface area contributed by atoms with E-state index in [1.54, 1.807) is 0 Å². The molecule has 0 aliphatic carbocycles. The van der Waals surface area contributed by atoms with Crippen molar-refractivity contribution in [2.45, 2.75) is 13.0 Å². The van der Waals surface area contributed by atoms with Crippen molar-refractivity contribution in [2.24, 2.45) is 0 Å². The third kappa shape index (κ3) is 2.67. The molecule has 1 atom stereocenters. The second-order valence-corrected chi connectivity index (χ2v) is 2.90. The first-order valence-corrected chi connectivity index (χ1v) is 4.31. The minimum atomic E-state index is -0.856. The molecule has 1 aromatic carbocycles. The largest absolute Gasteiger partial charge is 0.491 e. The van der Waals surface area contributed by atoms with Gasteiger partial charge < -0.3 is 9.84 Å². The molecule has 1 N–H and O–H groups in total. The van der Waals surface area contributed by atoms with Crippen molar-refractivity contribution in [3.05, 3.63) is 29.6 Å². The monoisotopic (exact) mass is 202 g/mol. The van der Waals surface area contributed by atoms with Gasteiger partial charge in [0, 0.05) is 11.6 Å². The van der Waals surface area contributed by atoms with E-state index in [4.69, 9.17) is 9.84 Å². The van der Waals surface area contributed by atoms with Gasteiger partial charge in [-0.15, -0.1) is 0 Å². The van der Waals surface area contributed by atoms with Crippen molar-refractivity contribution in [3.8, 4) is 5.75 Å². The predicted molar refractivity (Wildman–Crippen MR) is 48.5 cm³/mol. The van der Waals surface area contributed by atoms with Crippen molar-refractivity contribution in [2.75, 3.05) is 13.3 Å². The maximum absolute atomic E-state index is 13.2. The summed E-state index contributed by atoms with van der Waals surface area (Å²) in [5, 5.41) is 9.13. The molecule has 0 fully saturated rings. The third-order valence-electron chi connectivity index (χ3n) is 1.77. The van der Waals surface area contributed by atoms with E-state index in [1.807, 2.05) is 0 Å². The minimum Gasteiger partial charge on any atom is -0.491 e. The highest BCUT2D eigenvalue weighted by Crippen LogP contribution is 2.21. The van der Waals surface area contributed by atoms with Crippen molar-refractivity contribution in [1.29, 1.82) is 0 Å². The van der Waals surface area contributed by atoms with Crippen LogP contribution in [0.2, 0.25) is 0 Å². The molecule has 0 aromatic heterocycles. The van der Waals surface area contributed by atoms with E-state index in [0.29, 0.717) is 0 Å². The van der Waals surface area contributed by atoms with Gasteiger partial charge in [0.25, 0.3) is 0 Å². The van der Waals surface area contributed by atoms with Gasteiger partial charge >= 0.3 is 0 Å². The zero-order chi connectivity index (χ0) is 10.6. The Balaban J connectivity index is 2.78. The normalized spacial score (nSPS) is 12.6. The molecule has 78 valence electrons. The molecular weight excluding hydrogens is 190 g/mol. The van der Waals surface area contributed by atoms with Crippen molar-refractivity contribution in [3.63, 3.8) is 0 Å². The van der Waals surface area contributed by atoms with Crippen LogP contribution in [0.5, 0.6) is 5.75 Å². The van der Waals surface area contributed by atoms with Gasteiger partial charge in [-0.2, -0.15) is 0 Å². The number of hydrogen-bond donors (Lipinski definition) is 1. The van der Waals surface area contributed by atoms with E-state index in [1.165, 1.54) is 19.1 Å². The summed E-state index contributed by atoms with van der Waals surface area (Å²) < 4.78 is 29.8. The standard InChI is InChI=1S/C10H12F2O2/c1-7(13)9-3-2-8(6-10(9)12)14-5-4-11/h2-3,6-7,13H,4-5H2,1H3. The lowest BCUT2D eigenvalue weighted by molar-refractivity contribution is 0.193. The molecule has 0 saturated carbocycles. The summed E-state index contributed by atoms with van der Waals surface area (Å²) in [7, 11) is 0. The summed E-state index contributed by atoms with van der Waals surface area (Å²) in [6.07, 6.45) is -0.856. The molecule has 4 heteroatoms. The molecule has 1 rings (SSSR count). The quantitative estimate of drug-likeness (QED) is 0.811. The summed E-state index contributed by atoms with van der Waals surface area (Å²) in [4.78, 5) is 0. The van der Waals surface area contributed by atoms with Gasteiger partial charge in [0.15, 0.2) is 0 Å². The Kier molecular flexibility index (Phi) is 3.83. The Morgan fingerprint density at radius 1 is 1.50 bits per heavy atom. The smallest absolute Gasteiger partial charge is 0.132 e. The average Bonchev–Trinajstić information content (AvgIpc) is 2.14. The summed E-state index contributed by atoms with van der Waals surface area (Å²) in [6, 6.07) is 4.06. The fourth-order valence-corrected chi connectivity index (χ4v) is 1.09. The third-order valence-corrected chi connectivity index (χ3v) is 1.77. The van der Waals surface area contributed by atoms with Crippen molar-refractivity contribution in [1.82, 2.24) is 0 Å². The number of aliphatic hydroxyl groups excluding tert-OH is 1. The fourth-order valence-electron chi connectivity index (χ4n) is 1.09. The van der Waals surface area contributed by atoms with Gasteiger partial charge in [0.05, 0.1) is 6.10 Å². The minimum absolute atomic E-state index is 0.0898. The van der Waals surface area contributed by atoms with E-state index in [2.05, 4.69) is 0 Å². The number of ether oxygens (including phenoxy) is 1. The second kappa shape index (κ2) is 4.91. The van der Waals surface area contributed by atoms with Crippen LogP contribution in [0.1, 0.15) is 18.6 Å². The number of rotatable bonds is 4. The highest BCUT2D eigenvalue weighted by Gasteiger charge is 2.08. The van der Waals surface area contributed by atoms with E-state index in [0.717, 1.165) is 6.07 Å². The maximum Gasteiger partial charge on any atom is 0.132 e. The maximum atomic E-state index is 13.2. The van der Waals surface area contributed by atoms with E-state index >= 15 is 0 Å². The average molecular weight is 202 g/mol. The first kappa shape index (κ1) is 10.9. The topological polar surface area (TPSA) is 29.5 Å². The molecule has 0 amide bonds. The molecule has 0 saturated heterocycles. The zero-order valence-electron chi connectivity index (χ0n) is 7.84. The van der Waals surface area contributed by atoms with Gasteiger partial charge in [-0.3, -0.25) is 0 Å². The van der Waals surface area contributed by atoms with Crippen LogP contribution >= 0.6 is 0 Å². The lowest BCUT2D eigenvalue weighted by Gasteiger charge is -2.08. The van der Waals surface area contributed by atoms with Crippen LogP contribution in [-0.4, -0.2) is 18.4 Å². The molecule has 0 aliphatic heterocycles. The zero-order valence-corrected chi connectivity index (χ0v) is 7.84. The van der Waals surface area contributed by atoms with E-state index in [-0.39, 0.29) is 17.9 Å². The lowest BCUT2D eigenvalue weighted by atomic mass is 10.1. The highest BCUT2D eigenvalue weighted by molar-refractivity contribution is 5.29. The number of hydrogen-bond acceptors (Lipinski definition) is 2. The summed E-state index contributed by atoms with van der Waals surface area (Å²) >= 11 is 0. The highest BCUT2D eigenvalue weighted by atomic mass is 19.1. The van der Waals surface area contributed by atoms with E-state index < -0.39 is 18.6 Å². The molecule has 14 heavy (non-hydrogen) atoms. The predicted octanol–water partition coefficient (Wildman–Crippen LogP) is 2.23. The molecule has 1 unspecified atom stereocenters. The summed E-state index contributed by atoms with van der Waals surface area (Å²) in [5.41, 5.74) is 0.206. The van der Waals surface area contributed by atoms with Gasteiger partial charge in [0.1, 0.15) is 24.8 Å². The number of aliphatic hydroxyl groups is 1. The van der Waals surface area contributed by atoms with Gasteiger partial charge in [0.2, 0.25) is 0 Å². The Morgan fingerprint density at radius 2 is 2.21 bits per heavy atom. The van der Waals surface area contributed by atoms with Gasteiger partial charge in [-0.05, 0) is 19.1 Å². The molecular formula is C10H12F2O2. The summed E-state index contributed by atoms with van der Waals surface area (Å²) in [5.74, 6) is -0.277. The molecule has 0 aliphatic rings. The molecule has 0 heterocycles. The first-order valence-electron chi connectivity index (χ1n) is 4.31. The van der Waals surface area contributed by atoms with E-state index in [9.17, 15) is 8.78 Å². The van der Waals surface area contributed by atoms with Crippen molar-refractivity contribution >= 4 is 0 Å². The number of alkyl halides is 1. The molecule has 0 spiro atoms. The second-order valence-electron chi connectivity index (χ2n) is 2.90. The van der Waals surface area contributed by atoms with Crippen LogP contribution in [0, 0.1) is 5.82 Å². The van der Waals surface area contributed by atoms with Crippen LogP contribution in [0.25, 0.3) is 0 Å². The lowest BCUT2D eigenvalue weighted by Crippen LogP contribution is -2.01. The van der Waals surface area contributed by atoms with Crippen LogP contribution in [-0.2, 0) is 0 Å². The van der Waals surface area contributed by atoms with Crippen LogP contribution in [0.15, 0.2) is 18.2 Å². The molecule has 1 aromatic rings. The number of benzene rings is 1. The Bertz CT molecular complexity index is 300. The Labute approximate surface area is 81.1 Å².